The molecule has 0 aliphatic heterocycles. The molecule has 2 rings (SSSR count). The van der Waals surface area contributed by atoms with Gasteiger partial charge in [0.15, 0.2) is 6.10 Å². The molecule has 1 atom stereocenters. The highest BCUT2D eigenvalue weighted by atomic mass is 19.1. The normalized spacial score (nSPS) is 11.9. The number of benzene rings is 2. The molecule has 2 aromatic carbocycles. The lowest BCUT2D eigenvalue weighted by molar-refractivity contribution is -0.154. The third-order valence-electron chi connectivity index (χ3n) is 2.81. The maximum Gasteiger partial charge on any atom is 0.335 e. The van der Waals surface area contributed by atoms with E-state index in [0.29, 0.717) is 5.56 Å². The molecule has 1 unspecified atom stereocenters. The van der Waals surface area contributed by atoms with Gasteiger partial charge in [0.2, 0.25) is 0 Å². The molecule has 0 bridgehead atoms. The smallest absolute Gasteiger partial charge is 0.335 e. The average molecular weight is 274 g/mol. The molecule has 20 heavy (non-hydrogen) atoms. The lowest BCUT2D eigenvalue weighted by atomic mass is 10.1. The van der Waals surface area contributed by atoms with Gasteiger partial charge >= 0.3 is 5.97 Å². The number of carbonyl (C=O) groups is 1. The highest BCUT2D eigenvalue weighted by Gasteiger charge is 2.17. The van der Waals surface area contributed by atoms with Gasteiger partial charge in [-0.2, -0.15) is 0 Å². The Morgan fingerprint density at radius 1 is 1.10 bits per heavy atom. The van der Waals surface area contributed by atoms with E-state index in [2.05, 4.69) is 0 Å². The predicted molar refractivity (Wildman–Crippen MR) is 72.3 cm³/mol. The van der Waals surface area contributed by atoms with E-state index in [1.165, 1.54) is 18.2 Å². The fraction of sp³-hybridized carbons (Fsp3) is 0.188. The first-order valence-corrected chi connectivity index (χ1v) is 6.28. The molecule has 0 aliphatic carbocycles. The zero-order valence-corrected chi connectivity index (χ0v) is 10.8. The minimum Gasteiger partial charge on any atom is -0.459 e. The van der Waals surface area contributed by atoms with Crippen LogP contribution in [-0.2, 0) is 22.6 Å². The fourth-order valence-electron chi connectivity index (χ4n) is 1.80. The second-order valence-electron chi connectivity index (χ2n) is 4.44. The quantitative estimate of drug-likeness (QED) is 0.852. The molecule has 0 saturated heterocycles. The van der Waals surface area contributed by atoms with Crippen LogP contribution in [0, 0.1) is 5.82 Å². The van der Waals surface area contributed by atoms with Gasteiger partial charge in [-0.05, 0) is 23.3 Å². The van der Waals surface area contributed by atoms with E-state index in [1.807, 2.05) is 30.3 Å². The van der Waals surface area contributed by atoms with Gasteiger partial charge < -0.3 is 9.84 Å². The lowest BCUT2D eigenvalue weighted by Crippen LogP contribution is -2.25. The van der Waals surface area contributed by atoms with Crippen LogP contribution in [0.5, 0.6) is 0 Å². The van der Waals surface area contributed by atoms with Crippen LogP contribution >= 0.6 is 0 Å². The van der Waals surface area contributed by atoms with E-state index in [9.17, 15) is 14.3 Å². The first kappa shape index (κ1) is 14.2. The minimum atomic E-state index is -1.29. The van der Waals surface area contributed by atoms with Crippen molar-refractivity contribution in [3.8, 4) is 0 Å². The maximum absolute atomic E-state index is 13.0. The molecule has 0 radical (unpaired) electrons. The van der Waals surface area contributed by atoms with Crippen molar-refractivity contribution in [1.29, 1.82) is 0 Å². The average Bonchev–Trinajstić information content (AvgIpc) is 2.46. The first-order valence-electron chi connectivity index (χ1n) is 6.28. The van der Waals surface area contributed by atoms with Crippen molar-refractivity contribution in [1.82, 2.24) is 0 Å². The molecule has 0 fully saturated rings. The van der Waals surface area contributed by atoms with Gasteiger partial charge in [-0.3, -0.25) is 0 Å². The number of rotatable bonds is 5. The Labute approximate surface area is 116 Å². The highest BCUT2D eigenvalue weighted by molar-refractivity contribution is 5.74. The number of ether oxygens (including phenoxy) is 1. The number of esters is 1. The van der Waals surface area contributed by atoms with Crippen molar-refractivity contribution in [2.24, 2.45) is 0 Å². The van der Waals surface area contributed by atoms with Crippen molar-refractivity contribution < 1.29 is 19.0 Å². The summed E-state index contributed by atoms with van der Waals surface area (Å²) in [6.07, 6.45) is -1.26. The van der Waals surface area contributed by atoms with Crippen molar-refractivity contribution in [2.75, 3.05) is 0 Å². The van der Waals surface area contributed by atoms with Gasteiger partial charge in [-0.25, -0.2) is 9.18 Å². The van der Waals surface area contributed by atoms with E-state index in [4.69, 9.17) is 4.74 Å². The third kappa shape index (κ3) is 4.17. The van der Waals surface area contributed by atoms with Crippen LogP contribution in [-0.4, -0.2) is 17.2 Å². The molecule has 0 saturated carbocycles. The maximum atomic E-state index is 13.0. The van der Waals surface area contributed by atoms with Crippen molar-refractivity contribution in [3.05, 3.63) is 71.5 Å². The van der Waals surface area contributed by atoms with Crippen LogP contribution in [0.15, 0.2) is 54.6 Å². The second-order valence-corrected chi connectivity index (χ2v) is 4.44. The van der Waals surface area contributed by atoms with E-state index in [-0.39, 0.29) is 13.0 Å². The number of hydrogen-bond acceptors (Lipinski definition) is 3. The van der Waals surface area contributed by atoms with Crippen LogP contribution in [0.25, 0.3) is 0 Å². The van der Waals surface area contributed by atoms with E-state index < -0.39 is 17.9 Å². The molecule has 104 valence electrons. The van der Waals surface area contributed by atoms with Gasteiger partial charge in [0.05, 0.1) is 0 Å². The summed E-state index contributed by atoms with van der Waals surface area (Å²) >= 11 is 0. The number of halogens is 1. The molecule has 0 aromatic heterocycles. The Kier molecular flexibility index (Phi) is 4.85. The molecule has 3 nitrogen and oxygen atoms in total. The first-order chi connectivity index (χ1) is 9.65. The van der Waals surface area contributed by atoms with Gasteiger partial charge in [-0.15, -0.1) is 0 Å². The van der Waals surface area contributed by atoms with Gasteiger partial charge in [-0.1, -0.05) is 42.5 Å². The highest BCUT2D eigenvalue weighted by Crippen LogP contribution is 2.08. The largest absolute Gasteiger partial charge is 0.459 e. The molecular weight excluding hydrogens is 259 g/mol. The summed E-state index contributed by atoms with van der Waals surface area (Å²) in [5, 5.41) is 9.74. The standard InChI is InChI=1S/C16H15FO3/c17-14-8-4-7-13(9-14)10-15(18)16(19)20-11-12-5-2-1-3-6-12/h1-9,15,18H,10-11H2. The summed E-state index contributed by atoms with van der Waals surface area (Å²) in [7, 11) is 0. The monoisotopic (exact) mass is 274 g/mol. The van der Waals surface area contributed by atoms with Gasteiger partial charge in [0.25, 0.3) is 0 Å². The molecular formula is C16H15FO3. The number of aliphatic hydroxyl groups excluding tert-OH is 1. The summed E-state index contributed by atoms with van der Waals surface area (Å²) < 4.78 is 18.0. The van der Waals surface area contributed by atoms with Crippen LogP contribution in [0.2, 0.25) is 0 Å². The lowest BCUT2D eigenvalue weighted by Gasteiger charge is -2.11. The minimum absolute atomic E-state index is 0.0331. The van der Waals surface area contributed by atoms with Gasteiger partial charge in [0.1, 0.15) is 12.4 Å². The molecule has 0 amide bonds. The Morgan fingerprint density at radius 2 is 1.80 bits per heavy atom. The Hall–Kier alpha value is -2.20. The zero-order chi connectivity index (χ0) is 14.4. The molecule has 0 spiro atoms. The Morgan fingerprint density at radius 3 is 2.50 bits per heavy atom. The number of aliphatic hydroxyl groups is 1. The molecule has 0 aliphatic rings. The molecule has 1 N–H and O–H groups in total. The predicted octanol–water partition coefficient (Wildman–Crippen LogP) is 2.47. The van der Waals surface area contributed by atoms with Gasteiger partial charge in [0, 0.05) is 6.42 Å². The molecule has 4 heteroatoms. The summed E-state index contributed by atoms with van der Waals surface area (Å²) in [4.78, 5) is 11.6. The zero-order valence-electron chi connectivity index (χ0n) is 10.8. The topological polar surface area (TPSA) is 46.5 Å². The van der Waals surface area contributed by atoms with Crippen LogP contribution in [0.4, 0.5) is 4.39 Å². The van der Waals surface area contributed by atoms with Crippen molar-refractivity contribution in [3.63, 3.8) is 0 Å². The Balaban J connectivity index is 1.86. The Bertz CT molecular complexity index is 569. The summed E-state index contributed by atoms with van der Waals surface area (Å²) in [5.74, 6) is -1.11. The second kappa shape index (κ2) is 6.82. The van der Waals surface area contributed by atoms with E-state index >= 15 is 0 Å². The number of hydrogen-bond donors (Lipinski definition) is 1. The number of carbonyl (C=O) groups excluding carboxylic acids is 1. The summed E-state index contributed by atoms with van der Waals surface area (Å²) in [6, 6.07) is 15.0. The molecule has 2 aromatic rings. The van der Waals surface area contributed by atoms with E-state index in [0.717, 1.165) is 5.56 Å². The molecule has 0 heterocycles. The van der Waals surface area contributed by atoms with Crippen molar-refractivity contribution >= 4 is 5.97 Å². The van der Waals surface area contributed by atoms with E-state index in [1.54, 1.807) is 6.07 Å². The SMILES string of the molecule is O=C(OCc1ccccc1)C(O)Cc1cccc(F)c1. The third-order valence-corrected chi connectivity index (χ3v) is 2.81. The van der Waals surface area contributed by atoms with Crippen molar-refractivity contribution in [2.45, 2.75) is 19.1 Å². The summed E-state index contributed by atoms with van der Waals surface area (Å²) in [5.41, 5.74) is 1.40. The van der Waals surface area contributed by atoms with Crippen LogP contribution < -0.4 is 0 Å². The fourth-order valence-corrected chi connectivity index (χ4v) is 1.80. The van der Waals surface area contributed by atoms with Crippen LogP contribution in [0.1, 0.15) is 11.1 Å². The van der Waals surface area contributed by atoms with Crippen LogP contribution in [0.3, 0.4) is 0 Å². The summed E-state index contributed by atoms with van der Waals surface area (Å²) in [6.45, 7) is 0.111.